The molecule has 0 spiro atoms. The summed E-state index contributed by atoms with van der Waals surface area (Å²) in [7, 11) is 0. The van der Waals surface area contributed by atoms with Crippen molar-refractivity contribution in [2.45, 2.75) is 0 Å². The van der Waals surface area contributed by atoms with Crippen molar-refractivity contribution in [3.63, 3.8) is 0 Å². The van der Waals surface area contributed by atoms with Crippen molar-refractivity contribution in [1.29, 1.82) is 0 Å². The minimum atomic E-state index is 1.01. The van der Waals surface area contributed by atoms with Crippen LogP contribution in [0.3, 0.4) is 0 Å². The van der Waals surface area contributed by atoms with E-state index in [1.807, 2.05) is 0 Å². The lowest BCUT2D eigenvalue weighted by Crippen LogP contribution is -1.94. The van der Waals surface area contributed by atoms with Gasteiger partial charge in [0.15, 0.2) is 0 Å². The molecule has 14 rings (SSSR count). The Balaban J connectivity index is 0.766. The molecule has 3 aromatic heterocycles. The first kappa shape index (κ1) is 38.2. The first-order valence-electron chi connectivity index (χ1n) is 23.4. The predicted molar refractivity (Wildman–Crippen MR) is 287 cm³/mol. The summed E-state index contributed by atoms with van der Waals surface area (Å²) in [5, 5.41) is 11.1. The number of para-hydroxylation sites is 4. The fraction of sp³-hybridized carbons (Fsp3) is 0. The average Bonchev–Trinajstić information content (AvgIpc) is 3.93. The highest BCUT2D eigenvalue weighted by molar-refractivity contribution is 6.22. The summed E-state index contributed by atoms with van der Waals surface area (Å²) in [5.74, 6) is 0. The topological polar surface area (TPSA) is 22.8 Å². The number of rotatable bonds is 6. The molecule has 0 bridgehead atoms. The summed E-state index contributed by atoms with van der Waals surface area (Å²) in [4.78, 5) is 5.22. The zero-order chi connectivity index (χ0) is 44.7. The highest BCUT2D eigenvalue weighted by Crippen LogP contribution is 2.40. The molecule has 3 heteroatoms. The Bertz CT molecular complexity index is 4260. The van der Waals surface area contributed by atoms with E-state index in [1.54, 1.807) is 0 Å². The van der Waals surface area contributed by atoms with Gasteiger partial charge in [0, 0.05) is 54.6 Å². The monoisotopic (exact) mass is 863 g/mol. The molecule has 3 nitrogen and oxygen atoms in total. The number of benzene rings is 11. The molecule has 0 aliphatic carbocycles. The van der Waals surface area contributed by atoms with Crippen LogP contribution >= 0.6 is 0 Å². The van der Waals surface area contributed by atoms with Gasteiger partial charge >= 0.3 is 0 Å². The minimum absolute atomic E-state index is 1.01. The first-order chi connectivity index (χ1) is 33.7. The van der Waals surface area contributed by atoms with Gasteiger partial charge < -0.3 is 9.13 Å². The molecule has 0 aliphatic rings. The number of hydrogen-bond donors (Lipinski definition) is 0. The van der Waals surface area contributed by atoms with Crippen LogP contribution in [-0.2, 0) is 0 Å². The number of aromatic nitrogens is 3. The quantitative estimate of drug-likeness (QED) is 0.153. The Morgan fingerprint density at radius 1 is 0.250 bits per heavy atom. The molecule has 68 heavy (non-hydrogen) atoms. The largest absolute Gasteiger partial charge is 0.309 e. The molecule has 0 fully saturated rings. The van der Waals surface area contributed by atoms with Crippen LogP contribution in [0.5, 0.6) is 0 Å². The third-order valence-electron chi connectivity index (χ3n) is 14.1. The number of fused-ring (bicyclic) bond motifs is 11. The van der Waals surface area contributed by atoms with Gasteiger partial charge in [-0.15, -0.1) is 0 Å². The lowest BCUT2D eigenvalue weighted by Gasteiger charge is -2.13. The van der Waals surface area contributed by atoms with E-state index in [9.17, 15) is 0 Å². The average molecular weight is 864 g/mol. The molecule has 0 radical (unpaired) electrons. The Hall–Kier alpha value is -9.05. The lowest BCUT2D eigenvalue weighted by atomic mass is 9.94. The van der Waals surface area contributed by atoms with Crippen molar-refractivity contribution in [3.8, 4) is 56.0 Å². The van der Waals surface area contributed by atoms with Crippen LogP contribution in [0.15, 0.2) is 249 Å². The first-order valence-corrected chi connectivity index (χ1v) is 23.4. The van der Waals surface area contributed by atoms with Crippen LogP contribution in [0, 0.1) is 0 Å². The van der Waals surface area contributed by atoms with Gasteiger partial charge in [0.1, 0.15) is 0 Å². The van der Waals surface area contributed by atoms with Crippen molar-refractivity contribution in [1.82, 2.24) is 14.1 Å². The van der Waals surface area contributed by atoms with E-state index in [2.05, 4.69) is 258 Å². The van der Waals surface area contributed by atoms with E-state index < -0.39 is 0 Å². The van der Waals surface area contributed by atoms with Gasteiger partial charge in [-0.05, 0) is 111 Å². The maximum absolute atomic E-state index is 5.22. The van der Waals surface area contributed by atoms with E-state index in [0.717, 1.165) is 22.5 Å². The molecule has 0 saturated heterocycles. The summed E-state index contributed by atoms with van der Waals surface area (Å²) in [5.41, 5.74) is 17.4. The molecular weight excluding hydrogens is 823 g/mol. The van der Waals surface area contributed by atoms with Gasteiger partial charge in [0.2, 0.25) is 0 Å². The van der Waals surface area contributed by atoms with Gasteiger partial charge in [-0.2, -0.15) is 0 Å². The Morgan fingerprint density at radius 2 is 0.676 bits per heavy atom. The summed E-state index contributed by atoms with van der Waals surface area (Å²) in [6.07, 6.45) is 0. The molecule has 0 aliphatic heterocycles. The maximum atomic E-state index is 5.22. The third-order valence-corrected chi connectivity index (χ3v) is 14.1. The molecule has 14 aromatic rings. The maximum Gasteiger partial charge on any atom is 0.0788 e. The standard InChI is InChI=1S/C65H41N3/c1-2-13-50(14-3-1)67-60-20-10-7-16-53(60)57-40-48(33-38-62(57)67)49-34-39-63-58(41-49)54-17-8-11-21-61(54)68(63)51-35-30-45(31-36-51)43-24-22-42(23-25-43)44-26-28-47(29-27-44)65-56-37-32-46-12-4-5-15-52(46)64(56)55-18-6-9-19-59(55)66-65/h1-41H. The van der Waals surface area contributed by atoms with Crippen molar-refractivity contribution in [2.75, 3.05) is 0 Å². The minimum Gasteiger partial charge on any atom is -0.309 e. The van der Waals surface area contributed by atoms with Gasteiger partial charge in [-0.25, -0.2) is 4.98 Å². The fourth-order valence-corrected chi connectivity index (χ4v) is 10.9. The Labute approximate surface area is 393 Å². The molecule has 0 N–H and O–H groups in total. The van der Waals surface area contributed by atoms with Crippen molar-refractivity contribution in [3.05, 3.63) is 249 Å². The Kier molecular flexibility index (Phi) is 8.59. The molecule has 3 heterocycles. The molecule has 0 amide bonds. The van der Waals surface area contributed by atoms with Crippen LogP contribution < -0.4 is 0 Å². The van der Waals surface area contributed by atoms with Crippen LogP contribution in [0.1, 0.15) is 0 Å². The molecule has 316 valence electrons. The summed E-state index contributed by atoms with van der Waals surface area (Å²) in [6, 6.07) is 90.5. The van der Waals surface area contributed by atoms with E-state index in [0.29, 0.717) is 0 Å². The van der Waals surface area contributed by atoms with Gasteiger partial charge in [-0.3, -0.25) is 0 Å². The number of pyridine rings is 1. The third kappa shape index (κ3) is 6.03. The molecule has 0 unspecified atom stereocenters. The summed E-state index contributed by atoms with van der Waals surface area (Å²) < 4.78 is 4.78. The van der Waals surface area contributed by atoms with Crippen molar-refractivity contribution in [2.24, 2.45) is 0 Å². The molecular formula is C65H41N3. The van der Waals surface area contributed by atoms with Crippen LogP contribution in [-0.4, -0.2) is 14.1 Å². The highest BCUT2D eigenvalue weighted by atomic mass is 15.0. The van der Waals surface area contributed by atoms with Gasteiger partial charge in [0.25, 0.3) is 0 Å². The molecule has 0 saturated carbocycles. The second kappa shape index (κ2) is 15.3. The second-order valence-electron chi connectivity index (χ2n) is 17.9. The second-order valence-corrected chi connectivity index (χ2v) is 17.9. The molecule has 11 aromatic carbocycles. The van der Waals surface area contributed by atoms with E-state index in [-0.39, 0.29) is 0 Å². The van der Waals surface area contributed by atoms with Gasteiger partial charge in [0.05, 0.1) is 33.3 Å². The number of hydrogen-bond acceptors (Lipinski definition) is 1. The predicted octanol–water partition coefficient (Wildman–Crippen LogP) is 17.4. The smallest absolute Gasteiger partial charge is 0.0788 e. The summed E-state index contributed by atoms with van der Waals surface area (Å²) >= 11 is 0. The van der Waals surface area contributed by atoms with E-state index >= 15 is 0 Å². The lowest BCUT2D eigenvalue weighted by molar-refractivity contribution is 1.18. The summed E-state index contributed by atoms with van der Waals surface area (Å²) in [6.45, 7) is 0. The number of nitrogens with zero attached hydrogens (tertiary/aromatic N) is 3. The zero-order valence-electron chi connectivity index (χ0n) is 37.0. The van der Waals surface area contributed by atoms with Crippen LogP contribution in [0.25, 0.3) is 132 Å². The normalized spacial score (nSPS) is 11.8. The zero-order valence-corrected chi connectivity index (χ0v) is 37.0. The fourth-order valence-electron chi connectivity index (χ4n) is 10.9. The van der Waals surface area contributed by atoms with Crippen LogP contribution in [0.4, 0.5) is 0 Å². The highest BCUT2D eigenvalue weighted by Gasteiger charge is 2.17. The van der Waals surface area contributed by atoms with Crippen molar-refractivity contribution >= 4 is 76.1 Å². The Morgan fingerprint density at radius 3 is 1.26 bits per heavy atom. The van der Waals surface area contributed by atoms with Crippen molar-refractivity contribution < 1.29 is 0 Å². The molecule has 0 atom stereocenters. The van der Waals surface area contributed by atoms with Gasteiger partial charge in [-0.1, -0.05) is 182 Å². The SMILES string of the molecule is c1ccc(-n2c3ccccc3c3cc(-c4ccc5c(c4)c4ccccc4n5-c4ccc(-c5ccc(-c6ccc(-c7nc8ccccc8c8c7ccc7ccccc78)cc6)cc5)cc4)ccc32)cc1. The van der Waals surface area contributed by atoms with E-state index in [4.69, 9.17) is 4.98 Å². The van der Waals surface area contributed by atoms with E-state index in [1.165, 1.54) is 110 Å². The van der Waals surface area contributed by atoms with Crippen LogP contribution in [0.2, 0.25) is 0 Å².